The molecule has 11 heteroatoms. The second kappa shape index (κ2) is 10.4. The van der Waals surface area contributed by atoms with Crippen LogP contribution >= 0.6 is 0 Å². The van der Waals surface area contributed by atoms with Gasteiger partial charge in [0.2, 0.25) is 5.91 Å². The average Bonchev–Trinajstić information content (AvgIpc) is 3.47. The summed E-state index contributed by atoms with van der Waals surface area (Å²) in [5.41, 5.74) is 0.998. The third-order valence-electron chi connectivity index (χ3n) is 5.63. The molecule has 0 aliphatic carbocycles. The number of rotatable bonds is 8. The monoisotopic (exact) mass is 466 g/mol. The first-order chi connectivity index (χ1) is 16.5. The molecule has 0 radical (unpaired) electrons. The first-order valence-corrected chi connectivity index (χ1v) is 11.1. The highest BCUT2D eigenvalue weighted by molar-refractivity contribution is 6.07. The van der Waals surface area contributed by atoms with Crippen LogP contribution in [0.25, 0.3) is 11.0 Å². The van der Waals surface area contributed by atoms with Crippen molar-refractivity contribution < 1.29 is 23.9 Å². The van der Waals surface area contributed by atoms with Gasteiger partial charge in [-0.1, -0.05) is 25.1 Å². The molecule has 1 aliphatic rings. The van der Waals surface area contributed by atoms with E-state index in [9.17, 15) is 14.4 Å². The second-order valence-corrected chi connectivity index (χ2v) is 7.84. The largest absolute Gasteiger partial charge is 0.459 e. The Balaban J connectivity index is 1.48. The molecule has 0 unspecified atom stereocenters. The van der Waals surface area contributed by atoms with Gasteiger partial charge in [0.25, 0.3) is 5.91 Å². The number of carbonyl (C=O) groups excluding carboxylic acids is 3. The molecule has 2 aromatic heterocycles. The van der Waals surface area contributed by atoms with Crippen molar-refractivity contribution in [1.29, 1.82) is 0 Å². The lowest BCUT2D eigenvalue weighted by Crippen LogP contribution is -2.27. The van der Waals surface area contributed by atoms with Crippen LogP contribution in [0.5, 0.6) is 0 Å². The summed E-state index contributed by atoms with van der Waals surface area (Å²) < 4.78 is 13.3. The summed E-state index contributed by atoms with van der Waals surface area (Å²) in [4.78, 5) is 44.7. The smallest absolute Gasteiger partial charge is 0.306 e. The van der Waals surface area contributed by atoms with Crippen LogP contribution in [0.4, 0.5) is 5.82 Å². The Morgan fingerprint density at radius 3 is 2.71 bits per heavy atom. The lowest BCUT2D eigenvalue weighted by molar-refractivity contribution is -0.153. The quantitative estimate of drug-likeness (QED) is 0.482. The Kier molecular flexibility index (Phi) is 7.12. The molecule has 3 atom stereocenters. The summed E-state index contributed by atoms with van der Waals surface area (Å²) in [5, 5.41) is 10.3. The van der Waals surface area contributed by atoms with Crippen LogP contribution in [0, 0.1) is 0 Å². The van der Waals surface area contributed by atoms with Crippen LogP contribution in [0.3, 0.4) is 0 Å². The van der Waals surface area contributed by atoms with E-state index in [0.29, 0.717) is 35.3 Å². The third kappa shape index (κ3) is 5.04. The molecule has 34 heavy (non-hydrogen) atoms. The summed E-state index contributed by atoms with van der Waals surface area (Å²) in [6, 6.07) is 8.83. The summed E-state index contributed by atoms with van der Waals surface area (Å²) in [7, 11) is 1.52. The fraction of sp³-hybridized carbons (Fsp3) is 0.391. The summed E-state index contributed by atoms with van der Waals surface area (Å²) in [6.07, 6.45) is 2.73. The van der Waals surface area contributed by atoms with Gasteiger partial charge in [0.05, 0.1) is 24.1 Å². The minimum atomic E-state index is -0.508. The number of nitrogens with zero attached hydrogens (tertiary/aromatic N) is 4. The van der Waals surface area contributed by atoms with Crippen LogP contribution in [0.15, 0.2) is 42.9 Å². The molecule has 0 spiro atoms. The molecule has 2 N–H and O–H groups in total. The molecule has 2 amide bonds. The van der Waals surface area contributed by atoms with Crippen molar-refractivity contribution in [3.05, 3.63) is 48.4 Å². The number of hydrogen-bond donors (Lipinski definition) is 2. The van der Waals surface area contributed by atoms with Gasteiger partial charge in [-0.05, 0) is 18.6 Å². The van der Waals surface area contributed by atoms with Gasteiger partial charge >= 0.3 is 5.97 Å². The minimum absolute atomic E-state index is 0.000325. The number of ether oxygens (including phenoxy) is 2. The molecular formula is C23H26N6O5. The normalized spacial score (nSPS) is 19.6. The lowest BCUT2D eigenvalue weighted by Gasteiger charge is -2.17. The SMILES string of the molecule is CC[C@H]1O[C@@H](n2ncc3c(NC(=O)c4ccccc4)ncnc32)C[C@H]1OC(=O)CCC(=O)NC. The molecule has 0 bridgehead atoms. The average molecular weight is 466 g/mol. The van der Waals surface area contributed by atoms with Gasteiger partial charge in [0.15, 0.2) is 11.9 Å². The Bertz CT molecular complexity index is 1180. The highest BCUT2D eigenvalue weighted by Crippen LogP contribution is 2.34. The Hall–Kier alpha value is -3.86. The van der Waals surface area contributed by atoms with Crippen molar-refractivity contribution in [3.63, 3.8) is 0 Å². The fourth-order valence-electron chi connectivity index (χ4n) is 3.85. The number of esters is 1. The lowest BCUT2D eigenvalue weighted by atomic mass is 10.1. The van der Waals surface area contributed by atoms with Crippen LogP contribution in [0.2, 0.25) is 0 Å². The number of nitrogens with one attached hydrogen (secondary N) is 2. The summed E-state index contributed by atoms with van der Waals surface area (Å²) in [6.45, 7) is 1.94. The van der Waals surface area contributed by atoms with E-state index in [0.717, 1.165) is 0 Å². The van der Waals surface area contributed by atoms with Gasteiger partial charge in [-0.3, -0.25) is 14.4 Å². The maximum atomic E-state index is 12.6. The van der Waals surface area contributed by atoms with E-state index in [1.807, 2.05) is 13.0 Å². The van der Waals surface area contributed by atoms with Crippen LogP contribution in [0.1, 0.15) is 49.2 Å². The number of carbonyl (C=O) groups is 3. The number of aromatic nitrogens is 4. The maximum absolute atomic E-state index is 12.6. The van der Waals surface area contributed by atoms with E-state index < -0.39 is 18.3 Å². The standard InChI is InChI=1S/C23H26N6O5/c1-3-16-17(34-20(31)10-9-18(30)24-2)11-19(33-16)29-22-15(12-27-29)21(25-13-26-22)28-23(32)14-7-5-4-6-8-14/h4-8,12-13,16-17,19H,3,9-11H2,1-2H3,(H,24,30)(H,25,26,28,32)/t16-,17-,19-/m1/s1. The summed E-state index contributed by atoms with van der Waals surface area (Å²) in [5.74, 6) is -0.621. The zero-order valence-electron chi connectivity index (χ0n) is 18.9. The first-order valence-electron chi connectivity index (χ1n) is 11.1. The zero-order valence-corrected chi connectivity index (χ0v) is 18.9. The van der Waals surface area contributed by atoms with E-state index >= 15 is 0 Å². The molecule has 1 saturated heterocycles. The van der Waals surface area contributed by atoms with E-state index in [1.165, 1.54) is 13.4 Å². The number of anilines is 1. The third-order valence-corrected chi connectivity index (χ3v) is 5.63. The number of fused-ring (bicyclic) bond motifs is 1. The van der Waals surface area contributed by atoms with Crippen molar-refractivity contribution >= 4 is 34.6 Å². The predicted octanol–water partition coefficient (Wildman–Crippen LogP) is 2.21. The molecule has 11 nitrogen and oxygen atoms in total. The van der Waals surface area contributed by atoms with Gasteiger partial charge < -0.3 is 20.1 Å². The molecule has 3 heterocycles. The molecule has 4 rings (SSSR count). The van der Waals surface area contributed by atoms with Gasteiger partial charge in [-0.2, -0.15) is 5.10 Å². The Labute approximate surface area is 195 Å². The molecule has 1 aliphatic heterocycles. The molecule has 1 fully saturated rings. The Morgan fingerprint density at radius 1 is 1.18 bits per heavy atom. The molecule has 178 valence electrons. The van der Waals surface area contributed by atoms with E-state index in [2.05, 4.69) is 25.7 Å². The van der Waals surface area contributed by atoms with E-state index in [1.54, 1.807) is 35.1 Å². The highest BCUT2D eigenvalue weighted by atomic mass is 16.6. The van der Waals surface area contributed by atoms with Gasteiger partial charge in [-0.15, -0.1) is 0 Å². The Morgan fingerprint density at radius 2 is 1.97 bits per heavy atom. The topological polar surface area (TPSA) is 137 Å². The number of benzene rings is 1. The summed E-state index contributed by atoms with van der Waals surface area (Å²) >= 11 is 0. The minimum Gasteiger partial charge on any atom is -0.459 e. The predicted molar refractivity (Wildman–Crippen MR) is 122 cm³/mol. The van der Waals surface area contributed by atoms with E-state index in [4.69, 9.17) is 9.47 Å². The molecular weight excluding hydrogens is 440 g/mol. The second-order valence-electron chi connectivity index (χ2n) is 7.84. The van der Waals surface area contributed by atoms with Gasteiger partial charge in [0.1, 0.15) is 18.2 Å². The van der Waals surface area contributed by atoms with Gasteiger partial charge in [0, 0.05) is 25.5 Å². The maximum Gasteiger partial charge on any atom is 0.306 e. The van der Waals surface area contributed by atoms with Crippen molar-refractivity contribution in [1.82, 2.24) is 25.1 Å². The first kappa shape index (κ1) is 23.3. The van der Waals surface area contributed by atoms with Crippen LogP contribution < -0.4 is 10.6 Å². The van der Waals surface area contributed by atoms with Crippen molar-refractivity contribution in [3.8, 4) is 0 Å². The zero-order chi connectivity index (χ0) is 24.1. The highest BCUT2D eigenvalue weighted by Gasteiger charge is 2.39. The van der Waals surface area contributed by atoms with Crippen molar-refractivity contribution in [2.45, 2.75) is 51.0 Å². The van der Waals surface area contributed by atoms with Gasteiger partial charge in [-0.25, -0.2) is 14.6 Å². The number of hydrogen-bond acceptors (Lipinski definition) is 8. The number of amides is 2. The van der Waals surface area contributed by atoms with Crippen LogP contribution in [-0.2, 0) is 19.1 Å². The van der Waals surface area contributed by atoms with E-state index in [-0.39, 0.29) is 30.8 Å². The fourth-order valence-corrected chi connectivity index (χ4v) is 3.85. The molecule has 0 saturated carbocycles. The van der Waals surface area contributed by atoms with Crippen molar-refractivity contribution in [2.75, 3.05) is 12.4 Å². The molecule has 3 aromatic rings. The van der Waals surface area contributed by atoms with Crippen LogP contribution in [-0.4, -0.2) is 56.8 Å². The molecule has 1 aromatic carbocycles. The van der Waals surface area contributed by atoms with Crippen molar-refractivity contribution in [2.24, 2.45) is 0 Å².